The smallest absolute Gasteiger partial charge is 0.450 e. The van der Waals surface area contributed by atoms with Gasteiger partial charge in [-0.15, -0.1) is 0 Å². The molecule has 4 unspecified atom stereocenters. The second kappa shape index (κ2) is 20.0. The molecule has 0 aromatic heterocycles. The first-order chi connectivity index (χ1) is 19.0. The summed E-state index contributed by atoms with van der Waals surface area (Å²) in [5.41, 5.74) is 0. The highest BCUT2D eigenvalue weighted by Crippen LogP contribution is 2.30. The molecule has 1 aliphatic carbocycles. The van der Waals surface area contributed by atoms with Crippen molar-refractivity contribution >= 4 is 24.6 Å². The minimum Gasteiger partial charge on any atom is -0.450 e. The van der Waals surface area contributed by atoms with Crippen molar-refractivity contribution in [2.75, 3.05) is 13.2 Å². The van der Waals surface area contributed by atoms with Crippen molar-refractivity contribution < 1.29 is 57.8 Å². The van der Waals surface area contributed by atoms with E-state index >= 15 is 0 Å². The van der Waals surface area contributed by atoms with Crippen LogP contribution in [0, 0.1) is 11.8 Å². The van der Waals surface area contributed by atoms with E-state index in [9.17, 15) is 19.2 Å². The Labute approximate surface area is 237 Å². The Balaban J connectivity index is 2.65. The van der Waals surface area contributed by atoms with Crippen LogP contribution in [0.15, 0.2) is 0 Å². The number of rotatable bonds is 18. The number of carboxylic acid groups (broad SMARTS) is 2. The fourth-order valence-corrected chi connectivity index (χ4v) is 4.46. The molecule has 0 amide bonds. The fraction of sp³-hybridized carbons (Fsp3) is 0.857. The van der Waals surface area contributed by atoms with E-state index in [0.717, 1.165) is 51.4 Å². The topological polar surface area (TPSA) is 164 Å². The van der Waals surface area contributed by atoms with Gasteiger partial charge in [0.2, 0.25) is 0 Å². The van der Waals surface area contributed by atoms with Gasteiger partial charge >= 0.3 is 24.6 Å². The molecule has 1 aliphatic rings. The summed E-state index contributed by atoms with van der Waals surface area (Å²) in [6.07, 6.45) is -1.24. The van der Waals surface area contributed by atoms with Crippen molar-refractivity contribution in [3.05, 3.63) is 0 Å². The molecule has 12 nitrogen and oxygen atoms in total. The normalized spacial score (nSPS) is 20.6. The maximum Gasteiger partial charge on any atom is 0.508 e. The number of carbonyl (C=O) groups is 4. The van der Waals surface area contributed by atoms with Gasteiger partial charge in [-0.25, -0.2) is 19.2 Å². The van der Waals surface area contributed by atoms with Crippen LogP contribution in [0.25, 0.3) is 0 Å². The molecule has 0 spiro atoms. The summed E-state index contributed by atoms with van der Waals surface area (Å²) < 4.78 is 30.5. The number of ether oxygens (including phenoxy) is 6. The number of carbonyl (C=O) groups excluding carboxylic acids is 2. The predicted octanol–water partition coefficient (Wildman–Crippen LogP) is 7.16. The predicted molar refractivity (Wildman–Crippen MR) is 143 cm³/mol. The summed E-state index contributed by atoms with van der Waals surface area (Å²) >= 11 is 0. The van der Waals surface area contributed by atoms with Crippen molar-refractivity contribution in [2.24, 2.45) is 11.8 Å². The van der Waals surface area contributed by atoms with Crippen molar-refractivity contribution in [1.82, 2.24) is 0 Å². The molecule has 12 heteroatoms. The molecule has 1 rings (SSSR count). The van der Waals surface area contributed by atoms with E-state index in [1.807, 2.05) is 0 Å². The highest BCUT2D eigenvalue weighted by atomic mass is 16.8. The average Bonchev–Trinajstić information content (AvgIpc) is 2.84. The summed E-state index contributed by atoms with van der Waals surface area (Å²) in [6, 6.07) is 0. The Bertz CT molecular complexity index is 692. The molecule has 0 radical (unpaired) electrons. The largest absolute Gasteiger partial charge is 0.508 e. The van der Waals surface area contributed by atoms with Crippen LogP contribution in [-0.4, -0.2) is 72.5 Å². The van der Waals surface area contributed by atoms with Crippen LogP contribution in [0.3, 0.4) is 0 Å². The Kier molecular flexibility index (Phi) is 17.6. The molecule has 1 saturated carbocycles. The minimum atomic E-state index is -1.66. The van der Waals surface area contributed by atoms with E-state index in [2.05, 4.69) is 27.7 Å². The van der Waals surface area contributed by atoms with Gasteiger partial charge in [0.05, 0.1) is 13.2 Å². The molecule has 0 heterocycles. The molecule has 0 aliphatic heterocycles. The van der Waals surface area contributed by atoms with E-state index < -0.39 is 49.0 Å². The van der Waals surface area contributed by atoms with Crippen molar-refractivity contribution in [3.63, 3.8) is 0 Å². The van der Waals surface area contributed by atoms with Gasteiger partial charge in [0.1, 0.15) is 24.4 Å². The molecule has 0 saturated heterocycles. The zero-order valence-electron chi connectivity index (χ0n) is 24.3. The Morgan fingerprint density at radius 2 is 0.875 bits per heavy atom. The summed E-state index contributed by atoms with van der Waals surface area (Å²) in [7, 11) is 0. The Morgan fingerprint density at radius 3 is 1.20 bits per heavy atom. The highest BCUT2D eigenvalue weighted by Gasteiger charge is 2.46. The first-order valence-corrected chi connectivity index (χ1v) is 14.4. The van der Waals surface area contributed by atoms with E-state index in [-0.39, 0.29) is 26.1 Å². The fourth-order valence-electron chi connectivity index (χ4n) is 4.46. The van der Waals surface area contributed by atoms with Gasteiger partial charge in [0, 0.05) is 12.8 Å². The molecule has 0 bridgehead atoms. The van der Waals surface area contributed by atoms with Crippen LogP contribution in [0.5, 0.6) is 0 Å². The Morgan fingerprint density at radius 1 is 0.550 bits per heavy atom. The molecule has 1 fully saturated rings. The standard InChI is InChI=1S/C28H48O12/c1-19(2)13-9-5-7-11-15-35-27(33)39-23-17-21(37-25(29)30)22(38-26(31)32)18-24(23)40-28(34)36-16-12-8-6-10-14-20(3)4/h19-24H,5-18H2,1-4H3,(H,29,30)(H,31,32). The monoisotopic (exact) mass is 576 g/mol. The van der Waals surface area contributed by atoms with Gasteiger partial charge < -0.3 is 38.6 Å². The van der Waals surface area contributed by atoms with Gasteiger partial charge in [0.25, 0.3) is 0 Å². The lowest BCUT2D eigenvalue weighted by molar-refractivity contribution is -0.139. The third-order valence-corrected chi connectivity index (χ3v) is 6.55. The van der Waals surface area contributed by atoms with Crippen molar-refractivity contribution in [3.8, 4) is 0 Å². The van der Waals surface area contributed by atoms with Crippen LogP contribution in [0.1, 0.15) is 105 Å². The second-order valence-electron chi connectivity index (χ2n) is 11.0. The zero-order valence-corrected chi connectivity index (χ0v) is 24.3. The molecular weight excluding hydrogens is 528 g/mol. The summed E-state index contributed by atoms with van der Waals surface area (Å²) in [4.78, 5) is 47.0. The number of unbranched alkanes of at least 4 members (excludes halogenated alkanes) is 6. The van der Waals surface area contributed by atoms with Gasteiger partial charge in [0.15, 0.2) is 0 Å². The maximum absolute atomic E-state index is 12.3. The van der Waals surface area contributed by atoms with Gasteiger partial charge in [-0.3, -0.25) is 0 Å². The van der Waals surface area contributed by atoms with Gasteiger partial charge in [-0.2, -0.15) is 0 Å². The van der Waals surface area contributed by atoms with Crippen molar-refractivity contribution in [1.29, 1.82) is 0 Å². The van der Waals surface area contributed by atoms with E-state index in [4.69, 9.17) is 38.6 Å². The molecule has 0 aromatic rings. The number of hydrogen-bond donors (Lipinski definition) is 2. The van der Waals surface area contributed by atoms with E-state index in [0.29, 0.717) is 24.7 Å². The third kappa shape index (κ3) is 16.9. The van der Waals surface area contributed by atoms with Crippen LogP contribution in [0.2, 0.25) is 0 Å². The molecule has 2 N–H and O–H groups in total. The zero-order chi connectivity index (χ0) is 29.9. The summed E-state index contributed by atoms with van der Waals surface area (Å²) in [5, 5.41) is 18.1. The molecular formula is C28H48O12. The average molecular weight is 577 g/mol. The van der Waals surface area contributed by atoms with Crippen LogP contribution in [0.4, 0.5) is 19.2 Å². The van der Waals surface area contributed by atoms with Crippen molar-refractivity contribution in [2.45, 2.75) is 129 Å². The maximum atomic E-state index is 12.3. The summed E-state index contributed by atoms with van der Waals surface area (Å²) in [5.74, 6) is 1.28. The Hall–Kier alpha value is -2.92. The number of hydrogen-bond acceptors (Lipinski definition) is 10. The molecule has 4 atom stereocenters. The molecule has 40 heavy (non-hydrogen) atoms. The van der Waals surface area contributed by atoms with Gasteiger partial charge in [-0.1, -0.05) is 79.1 Å². The van der Waals surface area contributed by atoms with E-state index in [1.54, 1.807) is 0 Å². The molecule has 232 valence electrons. The van der Waals surface area contributed by atoms with Crippen LogP contribution < -0.4 is 0 Å². The molecule has 0 aromatic carbocycles. The lowest BCUT2D eigenvalue weighted by Crippen LogP contribution is -2.51. The minimum absolute atomic E-state index is 0.137. The summed E-state index contributed by atoms with van der Waals surface area (Å²) in [6.45, 7) is 8.94. The highest BCUT2D eigenvalue weighted by molar-refractivity contribution is 5.62. The first-order valence-electron chi connectivity index (χ1n) is 14.4. The van der Waals surface area contributed by atoms with Crippen LogP contribution in [-0.2, 0) is 28.4 Å². The first kappa shape index (κ1) is 35.1. The SMILES string of the molecule is CC(C)CCCCCCOC(=O)OC1CC(OC(=O)O)C(OC(=O)O)CC1OC(=O)OCCCCCCC(C)C. The third-order valence-electron chi connectivity index (χ3n) is 6.55. The van der Waals surface area contributed by atoms with Crippen LogP contribution >= 0.6 is 0 Å². The van der Waals surface area contributed by atoms with E-state index in [1.165, 1.54) is 0 Å². The van der Waals surface area contributed by atoms with Gasteiger partial charge in [-0.05, 0) is 24.7 Å². The lowest BCUT2D eigenvalue weighted by atomic mass is 9.89. The quantitative estimate of drug-likeness (QED) is 0.0961. The lowest BCUT2D eigenvalue weighted by Gasteiger charge is -2.37. The second-order valence-corrected chi connectivity index (χ2v) is 11.0.